The molecule has 0 aromatic heterocycles. The number of rotatable bonds is 1. The first-order chi connectivity index (χ1) is 11.1. The first-order valence-corrected chi connectivity index (χ1v) is 8.98. The molecule has 5 aliphatic rings. The number of fused-ring (bicyclic) bond motifs is 5. The lowest BCUT2D eigenvalue weighted by Gasteiger charge is -2.34. The molecule has 3 heterocycles. The first-order valence-electron chi connectivity index (χ1n) is 8.98. The van der Waals surface area contributed by atoms with Crippen molar-refractivity contribution in [3.05, 3.63) is 11.1 Å². The lowest BCUT2D eigenvalue weighted by Crippen LogP contribution is -2.49. The van der Waals surface area contributed by atoms with Crippen molar-refractivity contribution in [3.63, 3.8) is 0 Å². The number of carbonyl (C=O) groups excluding carboxylic acids is 1. The smallest absolute Gasteiger partial charge is 0.324 e. The van der Waals surface area contributed by atoms with E-state index in [2.05, 4.69) is 18.7 Å². The monoisotopic (exact) mass is 319 g/mol. The summed E-state index contributed by atoms with van der Waals surface area (Å²) in [5, 5.41) is 0. The van der Waals surface area contributed by atoms with Gasteiger partial charge in [-0.2, -0.15) is 0 Å². The zero-order valence-electron chi connectivity index (χ0n) is 13.9. The number of hydrogen-bond acceptors (Lipinski definition) is 5. The largest absolute Gasteiger partial charge is 0.460 e. The van der Waals surface area contributed by atoms with Crippen LogP contribution in [0.1, 0.15) is 33.1 Å². The number of morpholine rings is 1. The number of nitrogens with zero attached hydrogens (tertiary/aromatic N) is 1. The Morgan fingerprint density at radius 1 is 1.26 bits per heavy atom. The van der Waals surface area contributed by atoms with Gasteiger partial charge in [-0.1, -0.05) is 11.1 Å². The molecule has 0 amide bonds. The molecule has 0 N–H and O–H groups in total. The molecule has 0 bridgehead atoms. The zero-order chi connectivity index (χ0) is 15.8. The van der Waals surface area contributed by atoms with Crippen LogP contribution >= 0.6 is 0 Å². The van der Waals surface area contributed by atoms with E-state index in [1.54, 1.807) is 0 Å². The molecule has 5 rings (SSSR count). The van der Waals surface area contributed by atoms with Crippen molar-refractivity contribution in [1.82, 2.24) is 4.90 Å². The van der Waals surface area contributed by atoms with E-state index in [1.807, 2.05) is 0 Å². The Morgan fingerprint density at radius 3 is 2.83 bits per heavy atom. The van der Waals surface area contributed by atoms with Gasteiger partial charge in [0.15, 0.2) is 0 Å². The summed E-state index contributed by atoms with van der Waals surface area (Å²) in [6, 6.07) is -0.0857. The summed E-state index contributed by atoms with van der Waals surface area (Å²) < 4.78 is 17.4. The summed E-state index contributed by atoms with van der Waals surface area (Å²) in [6.45, 7) is 7.59. The van der Waals surface area contributed by atoms with Gasteiger partial charge in [0.2, 0.25) is 0 Å². The quantitative estimate of drug-likeness (QED) is 0.417. The second-order valence-corrected chi connectivity index (χ2v) is 7.97. The molecule has 1 saturated carbocycles. The number of allylic oxidation sites excluding steroid dienone is 1. The maximum atomic E-state index is 12.7. The Hall–Kier alpha value is -0.910. The van der Waals surface area contributed by atoms with Crippen molar-refractivity contribution in [2.45, 2.75) is 57.0 Å². The summed E-state index contributed by atoms with van der Waals surface area (Å²) in [7, 11) is 0. The first kappa shape index (κ1) is 14.4. The van der Waals surface area contributed by atoms with Gasteiger partial charge in [0.25, 0.3) is 0 Å². The average molecular weight is 319 g/mol. The van der Waals surface area contributed by atoms with Gasteiger partial charge in [-0.15, -0.1) is 0 Å². The molecule has 4 fully saturated rings. The van der Waals surface area contributed by atoms with E-state index in [9.17, 15) is 4.79 Å². The predicted molar refractivity (Wildman–Crippen MR) is 82.9 cm³/mol. The third kappa shape index (κ3) is 1.93. The van der Waals surface area contributed by atoms with Gasteiger partial charge < -0.3 is 14.2 Å². The van der Waals surface area contributed by atoms with Crippen molar-refractivity contribution in [2.75, 3.05) is 26.3 Å². The Bertz CT molecular complexity index is 582. The molecule has 0 aromatic rings. The van der Waals surface area contributed by atoms with Gasteiger partial charge in [-0.25, -0.2) is 0 Å². The second-order valence-electron chi connectivity index (χ2n) is 7.97. The molecule has 3 saturated heterocycles. The van der Waals surface area contributed by atoms with Crippen molar-refractivity contribution < 1.29 is 19.0 Å². The minimum Gasteiger partial charge on any atom is -0.460 e. The van der Waals surface area contributed by atoms with Crippen molar-refractivity contribution in [3.8, 4) is 0 Å². The highest BCUT2D eigenvalue weighted by molar-refractivity contribution is 5.79. The second kappa shape index (κ2) is 4.80. The van der Waals surface area contributed by atoms with E-state index in [4.69, 9.17) is 14.2 Å². The molecule has 5 nitrogen and oxygen atoms in total. The summed E-state index contributed by atoms with van der Waals surface area (Å²) in [5.74, 6) is 0.543. The van der Waals surface area contributed by atoms with E-state index >= 15 is 0 Å². The van der Waals surface area contributed by atoms with Crippen LogP contribution in [0.15, 0.2) is 11.1 Å². The average Bonchev–Trinajstić information content (AvgIpc) is 3.00. The predicted octanol–water partition coefficient (Wildman–Crippen LogP) is 1.52. The van der Waals surface area contributed by atoms with Crippen molar-refractivity contribution >= 4 is 5.97 Å². The zero-order valence-corrected chi connectivity index (χ0v) is 13.9. The molecule has 23 heavy (non-hydrogen) atoms. The van der Waals surface area contributed by atoms with Crippen molar-refractivity contribution in [1.29, 1.82) is 0 Å². The molecular weight excluding hydrogens is 294 g/mol. The van der Waals surface area contributed by atoms with Crippen LogP contribution in [0.4, 0.5) is 0 Å². The molecular formula is C18H25NO4. The van der Waals surface area contributed by atoms with Gasteiger partial charge in [0, 0.05) is 24.9 Å². The van der Waals surface area contributed by atoms with Crippen molar-refractivity contribution in [2.24, 2.45) is 11.8 Å². The molecule has 2 aliphatic carbocycles. The Morgan fingerprint density at radius 2 is 2.04 bits per heavy atom. The van der Waals surface area contributed by atoms with Gasteiger partial charge >= 0.3 is 5.97 Å². The molecule has 1 unspecified atom stereocenters. The lowest BCUT2D eigenvalue weighted by atomic mass is 9.80. The number of epoxide rings is 1. The maximum Gasteiger partial charge on any atom is 0.324 e. The molecule has 0 aromatic carbocycles. The summed E-state index contributed by atoms with van der Waals surface area (Å²) in [5.41, 5.74) is 2.94. The Balaban J connectivity index is 1.49. The highest BCUT2D eigenvalue weighted by Crippen LogP contribution is 2.61. The van der Waals surface area contributed by atoms with E-state index in [0.29, 0.717) is 6.10 Å². The summed E-state index contributed by atoms with van der Waals surface area (Å²) in [6.07, 6.45) is 3.52. The SMILES string of the molecule is CC1=C2C[C@H]3O[C@]3(C)C2[C@H]2OC(=O)[C@@H](N3CCOCC3)[C@@H]2CC1. The van der Waals surface area contributed by atoms with E-state index in [-0.39, 0.29) is 35.6 Å². The van der Waals surface area contributed by atoms with Crippen LogP contribution in [-0.2, 0) is 19.0 Å². The minimum atomic E-state index is -0.0932. The fraction of sp³-hybridized carbons (Fsp3) is 0.833. The van der Waals surface area contributed by atoms with Crippen LogP contribution in [0.25, 0.3) is 0 Å². The molecule has 0 spiro atoms. The van der Waals surface area contributed by atoms with Crippen LogP contribution in [0.3, 0.4) is 0 Å². The lowest BCUT2D eigenvalue weighted by molar-refractivity contribution is -0.148. The van der Waals surface area contributed by atoms with Gasteiger partial charge in [0.05, 0.1) is 19.3 Å². The number of carbonyl (C=O) groups is 1. The van der Waals surface area contributed by atoms with E-state index in [1.165, 1.54) is 11.1 Å². The highest BCUT2D eigenvalue weighted by atomic mass is 16.6. The number of hydrogen-bond donors (Lipinski definition) is 0. The fourth-order valence-corrected chi connectivity index (χ4v) is 5.53. The van der Waals surface area contributed by atoms with Gasteiger partial charge in [0.1, 0.15) is 17.7 Å². The summed E-state index contributed by atoms with van der Waals surface area (Å²) in [4.78, 5) is 15.0. The summed E-state index contributed by atoms with van der Waals surface area (Å²) >= 11 is 0. The standard InChI is InChI=1S/C18H25NO4/c1-10-3-4-11-15(19-5-7-21-8-6-19)17(20)22-16(11)14-12(10)9-13-18(14,2)23-13/h11,13-16H,3-9H2,1-2H3/t11-,13+,14?,15-,16-,18-/m0/s1. The highest BCUT2D eigenvalue weighted by Gasteiger charge is 2.69. The molecule has 5 heteroatoms. The molecule has 126 valence electrons. The molecule has 0 radical (unpaired) electrons. The van der Waals surface area contributed by atoms with Crippen LogP contribution in [0.2, 0.25) is 0 Å². The third-order valence-corrected chi connectivity index (χ3v) is 6.87. The van der Waals surface area contributed by atoms with Crippen LogP contribution in [0.5, 0.6) is 0 Å². The minimum absolute atomic E-state index is 0.000273. The normalized spacial score (nSPS) is 49.3. The topological polar surface area (TPSA) is 51.3 Å². The van der Waals surface area contributed by atoms with Gasteiger partial charge in [-0.3, -0.25) is 9.69 Å². The van der Waals surface area contributed by atoms with Crippen LogP contribution in [-0.4, -0.2) is 61.0 Å². The maximum absolute atomic E-state index is 12.7. The number of ether oxygens (including phenoxy) is 3. The molecule has 3 aliphatic heterocycles. The number of esters is 1. The fourth-order valence-electron chi connectivity index (χ4n) is 5.53. The Labute approximate surface area is 136 Å². The van der Waals surface area contributed by atoms with Gasteiger partial charge in [-0.05, 0) is 33.1 Å². The van der Waals surface area contributed by atoms with Crippen LogP contribution < -0.4 is 0 Å². The third-order valence-electron chi connectivity index (χ3n) is 6.87. The molecule has 6 atom stereocenters. The van der Waals surface area contributed by atoms with E-state index < -0.39 is 0 Å². The Kier molecular flexibility index (Phi) is 3.02. The van der Waals surface area contributed by atoms with E-state index in [0.717, 1.165) is 45.6 Å². The van der Waals surface area contributed by atoms with Crippen LogP contribution in [0, 0.1) is 11.8 Å².